The summed E-state index contributed by atoms with van der Waals surface area (Å²) in [6.07, 6.45) is 3.77. The molecule has 3 N–H and O–H groups in total. The first-order chi connectivity index (χ1) is 28.4. The number of ether oxygens (including phenoxy) is 3. The van der Waals surface area contributed by atoms with Crippen LogP contribution in [0, 0.1) is 5.92 Å². The second kappa shape index (κ2) is 23.2. The van der Waals surface area contributed by atoms with Crippen LogP contribution in [-0.4, -0.2) is 77.7 Å². The maximum absolute atomic E-state index is 13.6. The van der Waals surface area contributed by atoms with Gasteiger partial charge in [-0.2, -0.15) is 0 Å². The van der Waals surface area contributed by atoms with Crippen LogP contribution in [0.15, 0.2) is 65.1 Å². The van der Waals surface area contributed by atoms with E-state index in [1.54, 1.807) is 66.7 Å². The van der Waals surface area contributed by atoms with Crippen LogP contribution in [0.5, 0.6) is 5.75 Å². The molecule has 0 saturated heterocycles. The molecule has 15 nitrogen and oxygen atoms in total. The smallest absolute Gasteiger partial charge is 0.329 e. The molecule has 3 unspecified atom stereocenters. The second-order valence-corrected chi connectivity index (χ2v) is 16.2. The van der Waals surface area contributed by atoms with E-state index in [0.29, 0.717) is 30.6 Å². The fourth-order valence-corrected chi connectivity index (χ4v) is 6.22. The average Bonchev–Trinajstić information content (AvgIpc) is 3.68. The Labute approximate surface area is 353 Å². The van der Waals surface area contributed by atoms with E-state index >= 15 is 0 Å². The molecular weight excluding hydrogens is 773 g/mol. The summed E-state index contributed by atoms with van der Waals surface area (Å²) in [7, 11) is 0. The first-order valence-corrected chi connectivity index (χ1v) is 20.5. The van der Waals surface area contributed by atoms with E-state index in [4.69, 9.17) is 23.5 Å². The number of furan rings is 1. The van der Waals surface area contributed by atoms with Crippen molar-refractivity contribution in [2.24, 2.45) is 5.92 Å². The minimum atomic E-state index is -1.35. The monoisotopic (exact) mass is 834 g/mol. The van der Waals surface area contributed by atoms with Crippen LogP contribution in [0.25, 0.3) is 11.3 Å². The van der Waals surface area contributed by atoms with Crippen LogP contribution in [0.3, 0.4) is 0 Å². The first-order valence-electron chi connectivity index (χ1n) is 20.5. The highest BCUT2D eigenvalue weighted by atomic mass is 16.7. The van der Waals surface area contributed by atoms with Gasteiger partial charge in [0.25, 0.3) is 11.8 Å². The summed E-state index contributed by atoms with van der Waals surface area (Å²) >= 11 is 0. The Balaban J connectivity index is 1.71. The maximum Gasteiger partial charge on any atom is 0.329 e. The molecule has 60 heavy (non-hydrogen) atoms. The van der Waals surface area contributed by atoms with E-state index in [2.05, 4.69) is 22.9 Å². The third-order valence-electron chi connectivity index (χ3n) is 8.93. The van der Waals surface area contributed by atoms with Gasteiger partial charge in [0.05, 0.1) is 37.2 Å². The van der Waals surface area contributed by atoms with Gasteiger partial charge in [-0.1, -0.05) is 69.5 Å². The minimum Gasteiger partial charge on any atom is -0.493 e. The van der Waals surface area contributed by atoms with Crippen molar-refractivity contribution in [3.63, 3.8) is 0 Å². The molecule has 0 saturated carbocycles. The van der Waals surface area contributed by atoms with Gasteiger partial charge < -0.3 is 34.6 Å². The van der Waals surface area contributed by atoms with E-state index in [-0.39, 0.29) is 42.9 Å². The Hall–Kier alpha value is -5.70. The summed E-state index contributed by atoms with van der Waals surface area (Å²) in [5.41, 5.74) is -0.249. The number of esters is 2. The molecule has 0 fully saturated rings. The lowest BCUT2D eigenvalue weighted by molar-refractivity contribution is -0.200. The number of amides is 4. The Morgan fingerprint density at radius 3 is 2.15 bits per heavy atom. The molecule has 3 atom stereocenters. The summed E-state index contributed by atoms with van der Waals surface area (Å²) in [4.78, 5) is 84.1. The maximum atomic E-state index is 13.6. The number of nitrogens with zero attached hydrogens (tertiary/aromatic N) is 1. The minimum absolute atomic E-state index is 0.0336. The topological polar surface area (TPSA) is 192 Å². The summed E-state index contributed by atoms with van der Waals surface area (Å²) in [5.74, 6) is -3.27. The van der Waals surface area contributed by atoms with Gasteiger partial charge in [-0.25, -0.2) is 9.86 Å². The molecule has 4 amide bonds. The zero-order chi connectivity index (χ0) is 44.5. The predicted octanol–water partition coefficient (Wildman–Crippen LogP) is 6.89. The van der Waals surface area contributed by atoms with Gasteiger partial charge in [-0.15, -0.1) is 0 Å². The molecule has 328 valence electrons. The molecule has 1 aromatic heterocycles. The van der Waals surface area contributed by atoms with Crippen molar-refractivity contribution < 1.29 is 52.2 Å². The fourth-order valence-electron chi connectivity index (χ4n) is 6.22. The van der Waals surface area contributed by atoms with Gasteiger partial charge in [0.1, 0.15) is 35.4 Å². The molecule has 0 aliphatic rings. The van der Waals surface area contributed by atoms with Gasteiger partial charge in [0, 0.05) is 5.56 Å². The summed E-state index contributed by atoms with van der Waals surface area (Å²) < 4.78 is 22.5. The van der Waals surface area contributed by atoms with E-state index < -0.39 is 59.4 Å². The van der Waals surface area contributed by atoms with Gasteiger partial charge in [0.15, 0.2) is 5.76 Å². The van der Waals surface area contributed by atoms with E-state index in [1.165, 1.54) is 17.2 Å². The predicted molar refractivity (Wildman–Crippen MR) is 224 cm³/mol. The number of carbonyl (C=O) groups is 6. The zero-order valence-corrected chi connectivity index (χ0v) is 36.4. The summed E-state index contributed by atoms with van der Waals surface area (Å²) in [5, 5.41) is 9.26. The molecular formula is C45H62N4O11. The molecule has 15 heteroatoms. The van der Waals surface area contributed by atoms with Gasteiger partial charge in [-0.3, -0.25) is 28.8 Å². The van der Waals surface area contributed by atoms with E-state index in [9.17, 15) is 28.8 Å². The zero-order valence-electron chi connectivity index (χ0n) is 36.4. The van der Waals surface area contributed by atoms with Crippen molar-refractivity contribution >= 4 is 36.1 Å². The Bertz CT molecular complexity index is 1880. The van der Waals surface area contributed by atoms with Gasteiger partial charge in [0.2, 0.25) is 12.3 Å². The lowest BCUT2D eigenvalue weighted by atomic mass is 9.90. The molecule has 3 aromatic rings. The number of hydrogen-bond acceptors (Lipinski definition) is 11. The number of nitrogens with one attached hydrogen (secondary N) is 3. The van der Waals surface area contributed by atoms with Crippen LogP contribution in [0.1, 0.15) is 127 Å². The fraction of sp³-hybridized carbons (Fsp3) is 0.511. The third kappa shape index (κ3) is 15.8. The molecule has 0 bridgehead atoms. The number of hydrogen-bond donors (Lipinski definition) is 3. The molecule has 0 aliphatic heterocycles. The molecule has 0 radical (unpaired) electrons. The van der Waals surface area contributed by atoms with Gasteiger partial charge >= 0.3 is 11.9 Å². The highest BCUT2D eigenvalue weighted by Gasteiger charge is 2.33. The molecule has 0 aliphatic carbocycles. The number of rotatable bonds is 23. The lowest BCUT2D eigenvalue weighted by Crippen LogP contribution is -2.48. The van der Waals surface area contributed by atoms with Gasteiger partial charge in [-0.05, 0) is 91.1 Å². The third-order valence-corrected chi connectivity index (χ3v) is 8.93. The number of carbonyl (C=O) groups excluding carboxylic acids is 6. The standard InChI is InChI=1S/C45H62N4O11/c1-10-13-15-20-32(35(11-2)49(29-50)57-27-30-18-16-14-17-19-30)40(52)46-28-47-42(54)37-24-23-36(58-37)31-21-22-33(38(25-31)56-12-3)41(53)48-34(43(55)60-45(7,8)9)26-39(51)59-44(4,5)6/h14,16-19,21-25,29,32,34-35H,10-13,15,20,26-28H2,1-9H3,(H,46,52)(H,47,54)(H,48,53). The van der Waals surface area contributed by atoms with Crippen LogP contribution in [0.2, 0.25) is 0 Å². The van der Waals surface area contributed by atoms with E-state index in [0.717, 1.165) is 24.8 Å². The van der Waals surface area contributed by atoms with Crippen molar-refractivity contribution in [3.05, 3.63) is 77.6 Å². The highest BCUT2D eigenvalue weighted by Crippen LogP contribution is 2.30. The van der Waals surface area contributed by atoms with Crippen molar-refractivity contribution in [2.45, 2.75) is 131 Å². The lowest BCUT2D eigenvalue weighted by Gasteiger charge is -2.32. The normalized spacial score (nSPS) is 12.9. The quantitative estimate of drug-likeness (QED) is 0.0297. The van der Waals surface area contributed by atoms with Crippen molar-refractivity contribution in [1.82, 2.24) is 21.0 Å². The highest BCUT2D eigenvalue weighted by molar-refractivity contribution is 6.00. The Morgan fingerprint density at radius 1 is 0.833 bits per heavy atom. The first kappa shape index (κ1) is 48.7. The summed E-state index contributed by atoms with van der Waals surface area (Å²) in [6.45, 7) is 16.0. The Morgan fingerprint density at radius 2 is 1.53 bits per heavy atom. The van der Waals surface area contributed by atoms with Crippen LogP contribution in [-0.2, 0) is 40.1 Å². The largest absolute Gasteiger partial charge is 0.493 e. The van der Waals surface area contributed by atoms with Crippen molar-refractivity contribution in [3.8, 4) is 17.1 Å². The van der Waals surface area contributed by atoms with E-state index in [1.807, 2.05) is 37.3 Å². The molecule has 3 rings (SSSR count). The number of unbranched alkanes of at least 4 members (excludes halogenated alkanes) is 2. The second-order valence-electron chi connectivity index (χ2n) is 16.2. The van der Waals surface area contributed by atoms with Crippen LogP contribution < -0.4 is 20.7 Å². The SMILES string of the molecule is CCCCCC(C(=O)NCNC(=O)c1ccc(-c2ccc(C(=O)NC(CC(=O)OC(C)(C)C)C(=O)OC(C)(C)C)c(OCC)c2)o1)C(CC)N(C=O)OCc1ccccc1. The number of hydroxylamine groups is 2. The number of benzene rings is 2. The van der Waals surface area contributed by atoms with Crippen molar-refractivity contribution in [1.29, 1.82) is 0 Å². The summed E-state index contributed by atoms with van der Waals surface area (Å²) in [6, 6.07) is 15.2. The van der Waals surface area contributed by atoms with Crippen LogP contribution >= 0.6 is 0 Å². The average molecular weight is 835 g/mol. The molecule has 2 aromatic carbocycles. The molecule has 0 spiro atoms. The Kier molecular flexibility index (Phi) is 18.8. The van der Waals surface area contributed by atoms with Crippen LogP contribution in [0.4, 0.5) is 0 Å². The van der Waals surface area contributed by atoms with Crippen molar-refractivity contribution in [2.75, 3.05) is 13.3 Å². The molecule has 1 heterocycles.